The van der Waals surface area contributed by atoms with Crippen LogP contribution >= 0.6 is 23.2 Å². The van der Waals surface area contributed by atoms with Gasteiger partial charge in [0.15, 0.2) is 0 Å². The molecule has 46 heavy (non-hydrogen) atoms. The Balaban J connectivity index is 0.000000230. The van der Waals surface area contributed by atoms with Gasteiger partial charge in [-0.05, 0) is 54.8 Å². The van der Waals surface area contributed by atoms with Crippen molar-refractivity contribution >= 4 is 29.3 Å². The zero-order valence-corrected chi connectivity index (χ0v) is 28.4. The largest absolute Gasteiger partial charge is 0.445 e. The summed E-state index contributed by atoms with van der Waals surface area (Å²) in [5, 5.41) is 4.81. The molecular weight excluding hydrogens is 615 g/mol. The van der Waals surface area contributed by atoms with Crippen LogP contribution in [0.1, 0.15) is 43.4 Å². The van der Waals surface area contributed by atoms with E-state index < -0.39 is 0 Å². The van der Waals surface area contributed by atoms with Crippen LogP contribution in [-0.2, 0) is 11.3 Å². The van der Waals surface area contributed by atoms with E-state index in [-0.39, 0.29) is 12.1 Å². The Kier molecular flexibility index (Phi) is 14.8. The Morgan fingerprint density at radius 2 is 1.26 bits per heavy atom. The second-order valence-corrected chi connectivity index (χ2v) is 12.1. The number of halogens is 2. The summed E-state index contributed by atoms with van der Waals surface area (Å²) in [5.74, 6) is 13.2. The molecule has 2 aliphatic heterocycles. The number of carbonyl (C=O) groups is 1. The number of piperazine rings is 2. The maximum atomic E-state index is 12.3. The summed E-state index contributed by atoms with van der Waals surface area (Å²) in [7, 11) is 0. The fourth-order valence-corrected chi connectivity index (χ4v) is 5.77. The predicted molar refractivity (Wildman–Crippen MR) is 189 cm³/mol. The minimum atomic E-state index is -0.249. The molecule has 5 rings (SSSR count). The van der Waals surface area contributed by atoms with Crippen LogP contribution in [0.5, 0.6) is 0 Å². The van der Waals surface area contributed by atoms with E-state index >= 15 is 0 Å². The zero-order chi connectivity index (χ0) is 32.6. The van der Waals surface area contributed by atoms with Gasteiger partial charge < -0.3 is 15.0 Å². The van der Waals surface area contributed by atoms with E-state index in [1.165, 1.54) is 0 Å². The summed E-state index contributed by atoms with van der Waals surface area (Å²) >= 11 is 12.0. The molecule has 0 spiro atoms. The third-order valence-electron chi connectivity index (χ3n) is 8.00. The first kappa shape index (κ1) is 35.4. The molecule has 2 unspecified atom stereocenters. The minimum absolute atomic E-state index is 0.168. The normalized spacial score (nSPS) is 16.4. The third-order valence-corrected chi connectivity index (χ3v) is 8.47. The SMILES string of the molecule is CCC(C#Cc1cccc(Cl)c1)N1CCN(C(=O)OCc2ccccc2)CC1.CCC(C#Cc1cccc(Cl)c1)N1CCNCC1. The Bertz CT molecular complexity index is 1500. The van der Waals surface area contributed by atoms with Gasteiger partial charge in [-0.3, -0.25) is 9.80 Å². The molecule has 6 nitrogen and oxygen atoms in total. The van der Waals surface area contributed by atoms with Gasteiger partial charge in [-0.1, -0.05) is 103 Å². The molecule has 0 aromatic heterocycles. The van der Waals surface area contributed by atoms with Crippen LogP contribution in [0.4, 0.5) is 4.79 Å². The second kappa shape index (κ2) is 19.2. The predicted octanol–water partition coefficient (Wildman–Crippen LogP) is 6.80. The number of carbonyl (C=O) groups excluding carboxylic acids is 1. The van der Waals surface area contributed by atoms with Crippen molar-refractivity contribution in [3.63, 3.8) is 0 Å². The number of hydrogen-bond donors (Lipinski definition) is 1. The molecule has 242 valence electrons. The molecular formula is C38H44Cl2N4O2. The molecule has 3 aromatic rings. The summed E-state index contributed by atoms with van der Waals surface area (Å²) in [6.45, 7) is 11.8. The van der Waals surface area contributed by atoms with Crippen molar-refractivity contribution in [1.29, 1.82) is 0 Å². The van der Waals surface area contributed by atoms with Crippen molar-refractivity contribution in [2.24, 2.45) is 0 Å². The summed E-state index contributed by atoms with van der Waals surface area (Å²) < 4.78 is 5.43. The van der Waals surface area contributed by atoms with Crippen LogP contribution in [0.3, 0.4) is 0 Å². The standard InChI is InChI=1S/C23H25ClN2O2.C15H19ClN2/c1-2-22(12-11-19-9-6-10-21(24)17-19)25-13-15-26(16-14-25)23(27)28-18-20-7-4-3-5-8-20;1-2-15(18-10-8-17-9-11-18)7-6-13-4-3-5-14(16)12-13/h3-10,17,22H,2,13-16,18H2,1H3;3-5,12,15,17H,2,8-11H2,1H3. The van der Waals surface area contributed by atoms with E-state index in [9.17, 15) is 4.79 Å². The van der Waals surface area contributed by atoms with Crippen LogP contribution in [0.25, 0.3) is 0 Å². The molecule has 0 aliphatic carbocycles. The molecule has 2 saturated heterocycles. The van der Waals surface area contributed by atoms with Gasteiger partial charge in [-0.2, -0.15) is 0 Å². The number of rotatable bonds is 6. The van der Waals surface area contributed by atoms with Crippen LogP contribution in [0.2, 0.25) is 10.0 Å². The maximum absolute atomic E-state index is 12.3. The van der Waals surface area contributed by atoms with E-state index in [4.69, 9.17) is 27.9 Å². The van der Waals surface area contributed by atoms with Crippen molar-refractivity contribution in [2.45, 2.75) is 45.4 Å². The molecule has 1 N–H and O–H groups in total. The fraction of sp³-hybridized carbons (Fsp3) is 0.395. The molecule has 1 amide bonds. The fourth-order valence-electron chi connectivity index (χ4n) is 5.39. The summed E-state index contributed by atoms with van der Waals surface area (Å²) in [5.41, 5.74) is 2.92. The Hall–Kier alpha value is -3.49. The van der Waals surface area contributed by atoms with E-state index in [1.807, 2.05) is 78.9 Å². The van der Waals surface area contributed by atoms with Crippen LogP contribution in [0.15, 0.2) is 78.9 Å². The Morgan fingerprint density at radius 1 is 0.739 bits per heavy atom. The van der Waals surface area contributed by atoms with Gasteiger partial charge in [0.05, 0.1) is 12.1 Å². The molecule has 2 fully saturated rings. The summed E-state index contributed by atoms with van der Waals surface area (Å²) in [4.78, 5) is 18.9. The van der Waals surface area contributed by atoms with E-state index in [1.54, 1.807) is 4.90 Å². The number of nitrogens with zero attached hydrogens (tertiary/aromatic N) is 3. The van der Waals surface area contributed by atoms with Crippen molar-refractivity contribution in [1.82, 2.24) is 20.0 Å². The molecule has 2 heterocycles. The molecule has 2 aliphatic rings. The van der Waals surface area contributed by atoms with Crippen LogP contribution in [0, 0.1) is 23.7 Å². The highest BCUT2D eigenvalue weighted by Crippen LogP contribution is 2.14. The number of hydrogen-bond acceptors (Lipinski definition) is 5. The molecule has 8 heteroatoms. The third kappa shape index (κ3) is 11.7. The molecule has 2 atom stereocenters. The number of ether oxygens (including phenoxy) is 1. The van der Waals surface area contributed by atoms with Gasteiger partial charge in [0, 0.05) is 73.5 Å². The monoisotopic (exact) mass is 658 g/mol. The maximum Gasteiger partial charge on any atom is 0.410 e. The molecule has 0 saturated carbocycles. The first-order chi connectivity index (χ1) is 22.4. The highest BCUT2D eigenvalue weighted by molar-refractivity contribution is 6.30. The van der Waals surface area contributed by atoms with Crippen molar-refractivity contribution < 1.29 is 9.53 Å². The summed E-state index contributed by atoms with van der Waals surface area (Å²) in [6, 6.07) is 25.6. The smallest absolute Gasteiger partial charge is 0.410 e. The van der Waals surface area contributed by atoms with Gasteiger partial charge in [0.25, 0.3) is 0 Å². The number of benzene rings is 3. The van der Waals surface area contributed by atoms with E-state index in [2.05, 4.69) is 52.6 Å². The minimum Gasteiger partial charge on any atom is -0.445 e. The molecule has 0 bridgehead atoms. The number of nitrogens with one attached hydrogen (secondary N) is 1. The quantitative estimate of drug-likeness (QED) is 0.295. The first-order valence-corrected chi connectivity index (χ1v) is 16.9. The lowest BCUT2D eigenvalue weighted by Gasteiger charge is -2.36. The van der Waals surface area contributed by atoms with E-state index in [0.29, 0.717) is 30.8 Å². The van der Waals surface area contributed by atoms with Crippen molar-refractivity contribution in [2.75, 3.05) is 52.4 Å². The molecule has 3 aromatic carbocycles. The second-order valence-electron chi connectivity index (χ2n) is 11.3. The zero-order valence-electron chi connectivity index (χ0n) is 26.9. The van der Waals surface area contributed by atoms with Gasteiger partial charge in [-0.15, -0.1) is 0 Å². The topological polar surface area (TPSA) is 48.1 Å². The van der Waals surface area contributed by atoms with Gasteiger partial charge >= 0.3 is 6.09 Å². The number of amides is 1. The van der Waals surface area contributed by atoms with Gasteiger partial charge in [0.1, 0.15) is 6.61 Å². The van der Waals surface area contributed by atoms with Gasteiger partial charge in [-0.25, -0.2) is 4.79 Å². The lowest BCUT2D eigenvalue weighted by atomic mass is 10.1. The van der Waals surface area contributed by atoms with Crippen LogP contribution in [-0.4, -0.2) is 85.2 Å². The first-order valence-electron chi connectivity index (χ1n) is 16.1. The lowest BCUT2D eigenvalue weighted by Crippen LogP contribution is -2.51. The molecule has 0 radical (unpaired) electrons. The Morgan fingerprint density at radius 3 is 1.76 bits per heavy atom. The lowest BCUT2D eigenvalue weighted by molar-refractivity contribution is 0.0659. The average Bonchev–Trinajstić information content (AvgIpc) is 3.09. The highest BCUT2D eigenvalue weighted by atomic mass is 35.5. The van der Waals surface area contributed by atoms with Gasteiger partial charge in [0.2, 0.25) is 0 Å². The van der Waals surface area contributed by atoms with Crippen molar-refractivity contribution in [3.8, 4) is 23.7 Å². The highest BCUT2D eigenvalue weighted by Gasteiger charge is 2.25. The van der Waals surface area contributed by atoms with Crippen LogP contribution < -0.4 is 5.32 Å². The van der Waals surface area contributed by atoms with Crippen molar-refractivity contribution in [3.05, 3.63) is 106 Å². The average molecular weight is 660 g/mol. The summed E-state index contributed by atoms with van der Waals surface area (Å²) in [6.07, 6.45) is 1.75. The Labute approximate surface area is 285 Å². The van der Waals surface area contributed by atoms with E-state index in [0.717, 1.165) is 73.8 Å².